The number of ether oxygens (including phenoxy) is 2. The van der Waals surface area contributed by atoms with Crippen molar-refractivity contribution >= 4 is 23.8 Å². The molecular weight excluding hydrogens is 522 g/mol. The standard InChI is InChI=1S/C33H33NO5S/c1-24-30(34-31(38-24)27-16-12-25(13-17-27)9-7-8-22-40-3)20-21-37-28-18-14-26(15-19-28)23-33(2,32(35)36)39-29-10-5-4-6-11-29/h4-19,22H,20-21,23H2,1-3H3,(H,35,36)/b9-7+,22-8-. The molecule has 1 atom stereocenters. The van der Waals surface area contributed by atoms with Crippen LogP contribution in [0.3, 0.4) is 0 Å². The third-order valence-electron chi connectivity index (χ3n) is 6.28. The van der Waals surface area contributed by atoms with E-state index in [0.29, 0.717) is 30.4 Å². The van der Waals surface area contributed by atoms with Crippen molar-refractivity contribution in [3.8, 4) is 23.0 Å². The van der Waals surface area contributed by atoms with Gasteiger partial charge in [-0.3, -0.25) is 0 Å². The number of nitrogens with zero attached hydrogens (tertiary/aromatic N) is 1. The van der Waals surface area contributed by atoms with Gasteiger partial charge in [-0.05, 0) is 73.0 Å². The van der Waals surface area contributed by atoms with Crippen LogP contribution in [0.25, 0.3) is 17.5 Å². The summed E-state index contributed by atoms with van der Waals surface area (Å²) in [6, 6.07) is 24.5. The van der Waals surface area contributed by atoms with Crippen LogP contribution in [0.5, 0.6) is 11.5 Å². The summed E-state index contributed by atoms with van der Waals surface area (Å²) in [5, 5.41) is 11.9. The first kappa shape index (κ1) is 28.8. The van der Waals surface area contributed by atoms with E-state index >= 15 is 0 Å². The molecule has 206 valence electrons. The van der Waals surface area contributed by atoms with Gasteiger partial charge in [0.2, 0.25) is 11.5 Å². The number of carbonyl (C=O) groups is 1. The number of allylic oxidation sites excluding steroid dienone is 2. The smallest absolute Gasteiger partial charge is 0.348 e. The van der Waals surface area contributed by atoms with Crippen LogP contribution in [-0.2, 0) is 17.6 Å². The molecule has 0 saturated carbocycles. The molecule has 0 aliphatic rings. The molecule has 4 rings (SSSR count). The summed E-state index contributed by atoms with van der Waals surface area (Å²) < 4.78 is 17.7. The van der Waals surface area contributed by atoms with Crippen LogP contribution in [0, 0.1) is 6.92 Å². The van der Waals surface area contributed by atoms with Gasteiger partial charge in [0.05, 0.1) is 12.3 Å². The van der Waals surface area contributed by atoms with E-state index < -0.39 is 11.6 Å². The summed E-state index contributed by atoms with van der Waals surface area (Å²) in [6.45, 7) is 3.92. The lowest BCUT2D eigenvalue weighted by atomic mass is 9.96. The average molecular weight is 556 g/mol. The Labute approximate surface area is 239 Å². The van der Waals surface area contributed by atoms with E-state index in [4.69, 9.17) is 13.9 Å². The molecule has 0 fully saturated rings. The summed E-state index contributed by atoms with van der Waals surface area (Å²) in [5.74, 6) is 1.55. The van der Waals surface area contributed by atoms with Crippen molar-refractivity contribution in [1.29, 1.82) is 0 Å². The number of aryl methyl sites for hydroxylation is 1. The van der Waals surface area contributed by atoms with Gasteiger partial charge in [0.15, 0.2) is 0 Å². The lowest BCUT2D eigenvalue weighted by molar-refractivity contribution is -0.153. The molecule has 0 aliphatic carbocycles. The van der Waals surface area contributed by atoms with Gasteiger partial charge in [-0.2, -0.15) is 0 Å². The molecule has 0 amide bonds. The van der Waals surface area contributed by atoms with E-state index in [2.05, 4.69) is 11.1 Å². The van der Waals surface area contributed by atoms with Crippen molar-refractivity contribution in [2.45, 2.75) is 32.3 Å². The Morgan fingerprint density at radius 3 is 2.40 bits per heavy atom. The Hall–Kier alpha value is -4.23. The number of para-hydroxylation sites is 1. The monoisotopic (exact) mass is 555 g/mol. The van der Waals surface area contributed by atoms with E-state index in [1.54, 1.807) is 30.8 Å². The summed E-state index contributed by atoms with van der Waals surface area (Å²) in [4.78, 5) is 16.7. The highest BCUT2D eigenvalue weighted by Gasteiger charge is 2.36. The summed E-state index contributed by atoms with van der Waals surface area (Å²) >= 11 is 1.66. The Morgan fingerprint density at radius 1 is 1.00 bits per heavy atom. The van der Waals surface area contributed by atoms with E-state index in [0.717, 1.165) is 28.1 Å². The Kier molecular flexibility index (Phi) is 9.86. The molecule has 0 spiro atoms. The second kappa shape index (κ2) is 13.7. The van der Waals surface area contributed by atoms with Gasteiger partial charge in [0.1, 0.15) is 17.3 Å². The van der Waals surface area contributed by atoms with E-state index in [9.17, 15) is 9.90 Å². The zero-order valence-electron chi connectivity index (χ0n) is 22.9. The van der Waals surface area contributed by atoms with Gasteiger partial charge in [0.25, 0.3) is 0 Å². The minimum atomic E-state index is -1.39. The summed E-state index contributed by atoms with van der Waals surface area (Å²) in [6.07, 6.45) is 8.91. The van der Waals surface area contributed by atoms with E-state index in [1.165, 1.54) is 0 Å². The number of thioether (sulfide) groups is 1. The normalized spacial score (nSPS) is 13.0. The van der Waals surface area contributed by atoms with Crippen LogP contribution in [0.4, 0.5) is 0 Å². The molecule has 4 aromatic rings. The molecule has 7 heteroatoms. The van der Waals surface area contributed by atoms with E-state index in [-0.39, 0.29) is 6.42 Å². The van der Waals surface area contributed by atoms with Crippen LogP contribution in [0.15, 0.2) is 101 Å². The number of oxazole rings is 1. The highest BCUT2D eigenvalue weighted by molar-refractivity contribution is 8.01. The summed E-state index contributed by atoms with van der Waals surface area (Å²) in [5.41, 5.74) is 2.32. The zero-order chi connectivity index (χ0) is 28.4. The largest absolute Gasteiger partial charge is 0.493 e. The van der Waals surface area contributed by atoms with E-state index in [1.807, 2.05) is 97.5 Å². The third kappa shape index (κ3) is 7.90. The molecule has 0 saturated heterocycles. The lowest BCUT2D eigenvalue weighted by Gasteiger charge is -2.26. The number of aliphatic carboxylic acids is 1. The second-order valence-corrected chi connectivity index (χ2v) is 10.2. The van der Waals surface area contributed by atoms with Crippen molar-refractivity contribution < 1.29 is 23.8 Å². The molecule has 0 aliphatic heterocycles. The van der Waals surface area contributed by atoms with Crippen LogP contribution in [-0.4, -0.2) is 34.5 Å². The fourth-order valence-electron chi connectivity index (χ4n) is 4.07. The first-order valence-electron chi connectivity index (χ1n) is 13.0. The lowest BCUT2D eigenvalue weighted by Crippen LogP contribution is -2.43. The SMILES string of the molecule is CS/C=C\C=C\c1ccc(-c2nc(CCOc3ccc(CC(C)(Oc4ccccc4)C(=O)O)cc3)c(C)o2)cc1. The molecule has 6 nitrogen and oxygen atoms in total. The molecule has 0 bridgehead atoms. The van der Waals surface area contributed by atoms with Crippen molar-refractivity contribution in [1.82, 2.24) is 4.98 Å². The minimum absolute atomic E-state index is 0.213. The van der Waals surface area contributed by atoms with Crippen LogP contribution >= 0.6 is 11.8 Å². The molecule has 3 aromatic carbocycles. The molecule has 1 aromatic heterocycles. The topological polar surface area (TPSA) is 81.8 Å². The Bertz CT molecular complexity index is 1440. The first-order chi connectivity index (χ1) is 19.4. The van der Waals surface area contributed by atoms with Crippen LogP contribution in [0.2, 0.25) is 0 Å². The second-order valence-electron chi connectivity index (χ2n) is 9.44. The fraction of sp³-hybridized carbons (Fsp3) is 0.212. The highest BCUT2D eigenvalue weighted by Crippen LogP contribution is 2.25. The first-order valence-corrected chi connectivity index (χ1v) is 14.3. The third-order valence-corrected chi connectivity index (χ3v) is 6.71. The van der Waals surface area contributed by atoms with Crippen molar-refractivity contribution in [3.05, 3.63) is 119 Å². The highest BCUT2D eigenvalue weighted by atomic mass is 32.2. The quantitative estimate of drug-likeness (QED) is 0.170. The number of carboxylic acids is 1. The molecule has 1 heterocycles. The number of rotatable bonds is 13. The maximum absolute atomic E-state index is 12.0. The molecule has 1 unspecified atom stereocenters. The fourth-order valence-corrected chi connectivity index (χ4v) is 4.32. The van der Waals surface area contributed by atoms with Gasteiger partial charge in [-0.15, -0.1) is 11.8 Å². The van der Waals surface area contributed by atoms with Gasteiger partial charge >= 0.3 is 5.97 Å². The molecule has 40 heavy (non-hydrogen) atoms. The van der Waals surface area contributed by atoms with Crippen LogP contribution in [0.1, 0.15) is 29.5 Å². The van der Waals surface area contributed by atoms with Crippen molar-refractivity contribution in [2.24, 2.45) is 0 Å². The minimum Gasteiger partial charge on any atom is -0.493 e. The van der Waals surface area contributed by atoms with Gasteiger partial charge < -0.3 is 19.0 Å². The number of hydrogen-bond donors (Lipinski definition) is 1. The molecular formula is C33H33NO5S. The van der Waals surface area contributed by atoms with Gasteiger partial charge in [-0.25, -0.2) is 9.78 Å². The summed E-state index contributed by atoms with van der Waals surface area (Å²) in [7, 11) is 0. The number of hydrogen-bond acceptors (Lipinski definition) is 6. The van der Waals surface area contributed by atoms with Crippen molar-refractivity contribution in [3.63, 3.8) is 0 Å². The maximum atomic E-state index is 12.0. The number of benzene rings is 3. The van der Waals surface area contributed by atoms with Gasteiger partial charge in [-0.1, -0.05) is 60.7 Å². The van der Waals surface area contributed by atoms with Crippen LogP contribution < -0.4 is 9.47 Å². The predicted molar refractivity (Wildman–Crippen MR) is 161 cm³/mol. The van der Waals surface area contributed by atoms with Gasteiger partial charge in [0, 0.05) is 18.4 Å². The zero-order valence-corrected chi connectivity index (χ0v) is 23.7. The Morgan fingerprint density at radius 2 is 1.73 bits per heavy atom. The molecule has 1 N–H and O–H groups in total. The molecule has 0 radical (unpaired) electrons. The number of carboxylic acid groups (broad SMARTS) is 1. The maximum Gasteiger partial charge on any atom is 0.348 e. The Balaban J connectivity index is 1.31. The number of aromatic nitrogens is 1. The van der Waals surface area contributed by atoms with Crippen molar-refractivity contribution in [2.75, 3.05) is 12.9 Å². The predicted octanol–water partition coefficient (Wildman–Crippen LogP) is 7.63. The average Bonchev–Trinajstić information content (AvgIpc) is 3.33.